The lowest BCUT2D eigenvalue weighted by molar-refractivity contribution is -0.0794. The number of nitrogens with one attached hydrogen (secondary N) is 1. The lowest BCUT2D eigenvalue weighted by Crippen LogP contribution is -2.57. The molecule has 2 atom stereocenters. The first-order chi connectivity index (χ1) is 17.4. The van der Waals surface area contributed by atoms with Crippen molar-refractivity contribution in [1.29, 1.82) is 0 Å². The van der Waals surface area contributed by atoms with E-state index in [-0.39, 0.29) is 11.8 Å². The fourth-order valence-electron chi connectivity index (χ4n) is 4.96. The Morgan fingerprint density at radius 1 is 1.19 bits per heavy atom. The first-order valence-corrected chi connectivity index (χ1v) is 11.9. The van der Waals surface area contributed by atoms with Crippen LogP contribution in [0.3, 0.4) is 0 Å². The summed E-state index contributed by atoms with van der Waals surface area (Å²) in [5, 5.41) is 7.59. The van der Waals surface area contributed by atoms with Crippen molar-refractivity contribution in [3.8, 4) is 11.3 Å². The van der Waals surface area contributed by atoms with E-state index in [1.165, 1.54) is 4.57 Å². The number of nitrogen functional groups attached to an aromatic ring is 1. The molecule has 3 N–H and O–H groups in total. The molecule has 13 heteroatoms. The van der Waals surface area contributed by atoms with Gasteiger partial charge in [0, 0.05) is 24.8 Å². The normalized spacial score (nSPS) is 21.5. The summed E-state index contributed by atoms with van der Waals surface area (Å²) in [7, 11) is 0. The first-order valence-electron chi connectivity index (χ1n) is 11.9. The van der Waals surface area contributed by atoms with Gasteiger partial charge in [-0.2, -0.15) is 4.98 Å². The van der Waals surface area contributed by atoms with Crippen LogP contribution in [0.15, 0.2) is 24.4 Å². The highest BCUT2D eigenvalue weighted by atomic mass is 19.3. The van der Waals surface area contributed by atoms with E-state index >= 15 is 0 Å². The minimum Gasteiger partial charge on any atom is -0.382 e. The molecular formula is C23H26F3N9O. The fourth-order valence-corrected chi connectivity index (χ4v) is 4.96. The van der Waals surface area contributed by atoms with Crippen molar-refractivity contribution in [3.05, 3.63) is 30.2 Å². The highest BCUT2D eigenvalue weighted by molar-refractivity contribution is 5.88. The van der Waals surface area contributed by atoms with E-state index in [1.54, 1.807) is 35.8 Å². The van der Waals surface area contributed by atoms with E-state index in [0.717, 1.165) is 6.54 Å². The molecule has 0 radical (unpaired) electrons. The van der Waals surface area contributed by atoms with Crippen LogP contribution in [0, 0.1) is 6.92 Å². The van der Waals surface area contributed by atoms with Crippen molar-refractivity contribution >= 4 is 28.4 Å². The van der Waals surface area contributed by atoms with Gasteiger partial charge in [-0.25, -0.2) is 27.7 Å². The molecule has 4 aromatic heterocycles. The van der Waals surface area contributed by atoms with Crippen LogP contribution in [0.2, 0.25) is 0 Å². The van der Waals surface area contributed by atoms with Crippen LogP contribution in [0.1, 0.15) is 12.2 Å². The summed E-state index contributed by atoms with van der Waals surface area (Å²) >= 11 is 0. The summed E-state index contributed by atoms with van der Waals surface area (Å²) in [6.45, 7) is 3.62. The molecule has 6 rings (SSSR count). The Morgan fingerprint density at radius 2 is 2.03 bits per heavy atom. The summed E-state index contributed by atoms with van der Waals surface area (Å²) in [4.78, 5) is 15.4. The monoisotopic (exact) mass is 501 g/mol. The molecule has 0 aromatic carbocycles. The predicted molar refractivity (Wildman–Crippen MR) is 128 cm³/mol. The number of aryl methyl sites for hydroxylation is 1. The lowest BCUT2D eigenvalue weighted by Gasteiger charge is -2.42. The smallest absolute Gasteiger partial charge is 0.256 e. The Kier molecular flexibility index (Phi) is 5.67. The molecule has 0 unspecified atom stereocenters. The highest BCUT2D eigenvalue weighted by Crippen LogP contribution is 2.30. The Bertz CT molecular complexity index is 1420. The molecule has 2 aliphatic heterocycles. The molecule has 6 heterocycles. The number of ether oxygens (including phenoxy) is 1. The molecule has 10 nitrogen and oxygen atoms in total. The van der Waals surface area contributed by atoms with E-state index < -0.39 is 25.2 Å². The maximum Gasteiger partial charge on any atom is 0.256 e. The van der Waals surface area contributed by atoms with Crippen LogP contribution in [-0.2, 0) is 11.3 Å². The third kappa shape index (κ3) is 4.01. The van der Waals surface area contributed by atoms with Gasteiger partial charge in [-0.3, -0.25) is 4.90 Å². The van der Waals surface area contributed by atoms with Gasteiger partial charge in [0.1, 0.15) is 23.0 Å². The third-order valence-corrected chi connectivity index (χ3v) is 6.94. The highest BCUT2D eigenvalue weighted by Gasteiger charge is 2.35. The third-order valence-electron chi connectivity index (χ3n) is 6.94. The van der Waals surface area contributed by atoms with Crippen LogP contribution >= 0.6 is 0 Å². The van der Waals surface area contributed by atoms with Crippen LogP contribution in [-0.4, -0.2) is 85.0 Å². The maximum atomic E-state index is 14.9. The average molecular weight is 502 g/mol. The zero-order valence-corrected chi connectivity index (χ0v) is 19.6. The first kappa shape index (κ1) is 23.0. The molecule has 36 heavy (non-hydrogen) atoms. The molecule has 0 bridgehead atoms. The number of nitrogens with zero attached hydrogens (tertiary/aromatic N) is 7. The van der Waals surface area contributed by atoms with Crippen LogP contribution in [0.4, 0.5) is 24.9 Å². The molecule has 0 spiro atoms. The van der Waals surface area contributed by atoms with Gasteiger partial charge in [0.2, 0.25) is 5.95 Å². The summed E-state index contributed by atoms with van der Waals surface area (Å²) in [5.74, 6) is 0.906. The molecule has 0 amide bonds. The van der Waals surface area contributed by atoms with Gasteiger partial charge in [-0.15, -0.1) is 5.10 Å². The number of alkyl halides is 3. The van der Waals surface area contributed by atoms with E-state index in [4.69, 9.17) is 10.5 Å². The van der Waals surface area contributed by atoms with Gasteiger partial charge in [0.05, 0.1) is 37.5 Å². The topological polar surface area (TPSA) is 111 Å². The number of rotatable bonds is 6. The SMILES string of the molecule is Cc1nc2ccc(-c3ccn4nc(N[C@H]5CCN(C6COC6)C[C@H]5F)nc(N)c34)nc2n1CC(F)F. The minimum atomic E-state index is -2.53. The van der Waals surface area contributed by atoms with Crippen molar-refractivity contribution in [2.75, 3.05) is 37.4 Å². The van der Waals surface area contributed by atoms with Crippen molar-refractivity contribution in [2.24, 2.45) is 0 Å². The second-order valence-corrected chi connectivity index (χ2v) is 9.28. The minimum absolute atomic E-state index is 0.200. The van der Waals surface area contributed by atoms with Crippen LogP contribution in [0.25, 0.3) is 27.9 Å². The molecule has 2 fully saturated rings. The number of imidazole rings is 1. The number of nitrogens with two attached hydrogens (primary N) is 1. The summed E-state index contributed by atoms with van der Waals surface area (Å²) < 4.78 is 49.3. The number of hydrogen-bond donors (Lipinski definition) is 2. The van der Waals surface area contributed by atoms with Crippen molar-refractivity contribution in [3.63, 3.8) is 0 Å². The molecule has 4 aromatic rings. The van der Waals surface area contributed by atoms with Gasteiger partial charge in [0.25, 0.3) is 6.43 Å². The molecule has 190 valence electrons. The Labute approximate surface area is 204 Å². The van der Waals surface area contributed by atoms with Gasteiger partial charge in [0.15, 0.2) is 11.5 Å². The lowest BCUT2D eigenvalue weighted by atomic mass is 10.0. The summed E-state index contributed by atoms with van der Waals surface area (Å²) in [6.07, 6.45) is -1.27. The van der Waals surface area contributed by atoms with Crippen LogP contribution in [0.5, 0.6) is 0 Å². The Balaban J connectivity index is 1.27. The number of anilines is 2. The van der Waals surface area contributed by atoms with Gasteiger partial charge < -0.3 is 20.4 Å². The average Bonchev–Trinajstić information content (AvgIpc) is 3.35. The van der Waals surface area contributed by atoms with Gasteiger partial charge >= 0.3 is 0 Å². The number of pyridine rings is 1. The van der Waals surface area contributed by atoms with E-state index in [2.05, 4.69) is 30.3 Å². The zero-order chi connectivity index (χ0) is 25.0. The van der Waals surface area contributed by atoms with Crippen molar-refractivity contribution < 1.29 is 17.9 Å². The molecule has 2 aliphatic rings. The largest absolute Gasteiger partial charge is 0.382 e. The van der Waals surface area contributed by atoms with Crippen molar-refractivity contribution in [1.82, 2.24) is 34.0 Å². The number of fused-ring (bicyclic) bond motifs is 2. The number of piperidine rings is 1. The van der Waals surface area contributed by atoms with Crippen LogP contribution < -0.4 is 11.1 Å². The molecular weight excluding hydrogens is 475 g/mol. The van der Waals surface area contributed by atoms with Gasteiger partial charge in [-0.05, 0) is 31.5 Å². The Morgan fingerprint density at radius 3 is 2.75 bits per heavy atom. The van der Waals surface area contributed by atoms with E-state index in [9.17, 15) is 13.2 Å². The number of aromatic nitrogens is 6. The maximum absolute atomic E-state index is 14.9. The predicted octanol–water partition coefficient (Wildman–Crippen LogP) is 2.52. The standard InChI is InChI=1S/C23H26F3N9O/c1-12-28-18-3-2-16(29-22(18)34(12)9-19(25)26)14-4-7-35-20(14)21(27)31-23(32-35)30-17-5-6-33(8-15(17)24)13-10-36-11-13/h2-4,7,13,15,17,19H,5-6,8-11H2,1H3,(H3,27,30,31,32)/t15-,17+/m1/s1. The van der Waals surface area contributed by atoms with Gasteiger partial charge in [-0.1, -0.05) is 0 Å². The fraction of sp³-hybridized carbons (Fsp3) is 0.478. The van der Waals surface area contributed by atoms with E-state index in [1.807, 2.05) is 0 Å². The summed E-state index contributed by atoms with van der Waals surface area (Å²) in [5.41, 5.74) is 8.93. The van der Waals surface area contributed by atoms with E-state index in [0.29, 0.717) is 66.0 Å². The number of likely N-dealkylation sites (tertiary alicyclic amines) is 1. The Hall–Kier alpha value is -3.45. The second-order valence-electron chi connectivity index (χ2n) is 9.28. The number of hydrogen-bond acceptors (Lipinski definition) is 8. The summed E-state index contributed by atoms with van der Waals surface area (Å²) in [6, 6.07) is 5.17. The van der Waals surface area contributed by atoms with Crippen molar-refractivity contribution in [2.45, 2.75) is 44.6 Å². The molecule has 2 saturated heterocycles. The zero-order valence-electron chi connectivity index (χ0n) is 19.6. The number of halogens is 3. The quantitative estimate of drug-likeness (QED) is 0.415. The molecule has 0 saturated carbocycles. The second kappa shape index (κ2) is 8.89. The molecule has 0 aliphatic carbocycles.